The Balaban J connectivity index is 2.72. The number of esters is 1. The van der Waals surface area contributed by atoms with E-state index in [1.54, 1.807) is 11.8 Å². The van der Waals surface area contributed by atoms with Gasteiger partial charge < -0.3 is 10.1 Å². The van der Waals surface area contributed by atoms with Gasteiger partial charge in [0.25, 0.3) is 0 Å². The number of aromatic nitrogens is 2. The van der Waals surface area contributed by atoms with Gasteiger partial charge in [0.1, 0.15) is 16.7 Å². The maximum atomic E-state index is 11.1. The van der Waals surface area contributed by atoms with E-state index in [0.717, 1.165) is 23.2 Å². The van der Waals surface area contributed by atoms with E-state index in [4.69, 9.17) is 0 Å². The summed E-state index contributed by atoms with van der Waals surface area (Å²) in [6, 6.07) is 1.91. The van der Waals surface area contributed by atoms with E-state index in [1.807, 2.05) is 13.0 Å². The largest absolute Gasteiger partial charge is 0.469 e. The molecule has 0 aliphatic heterocycles. The predicted molar refractivity (Wildman–Crippen MR) is 77.6 cm³/mol. The topological polar surface area (TPSA) is 64.1 Å². The number of nitrogens with zero attached hydrogens (tertiary/aromatic N) is 2. The maximum absolute atomic E-state index is 11.1. The van der Waals surface area contributed by atoms with E-state index in [0.29, 0.717) is 12.2 Å². The van der Waals surface area contributed by atoms with Crippen molar-refractivity contribution in [1.29, 1.82) is 0 Å². The summed E-state index contributed by atoms with van der Waals surface area (Å²) in [5.74, 6) is 2.39. The fourth-order valence-corrected chi connectivity index (χ4v) is 2.22. The minimum Gasteiger partial charge on any atom is -0.469 e. The molecule has 106 valence electrons. The first-order valence-electron chi connectivity index (χ1n) is 6.39. The van der Waals surface area contributed by atoms with Crippen molar-refractivity contribution in [3.63, 3.8) is 0 Å². The Morgan fingerprint density at radius 1 is 1.47 bits per heavy atom. The molecule has 0 aromatic carbocycles. The van der Waals surface area contributed by atoms with Gasteiger partial charge in [-0.3, -0.25) is 4.79 Å². The van der Waals surface area contributed by atoms with Crippen molar-refractivity contribution in [1.82, 2.24) is 9.97 Å². The van der Waals surface area contributed by atoms with Crippen molar-refractivity contribution in [3.8, 4) is 0 Å². The third-order valence-corrected chi connectivity index (χ3v) is 3.29. The van der Waals surface area contributed by atoms with Gasteiger partial charge in [-0.2, -0.15) is 0 Å². The zero-order valence-corrected chi connectivity index (χ0v) is 12.7. The summed E-state index contributed by atoms with van der Waals surface area (Å²) in [6.07, 6.45) is 0.388. The third-order valence-electron chi connectivity index (χ3n) is 2.38. The quantitative estimate of drug-likeness (QED) is 0.471. The first-order chi connectivity index (χ1) is 9.06. The summed E-state index contributed by atoms with van der Waals surface area (Å²) in [7, 11) is 1.40. The zero-order chi connectivity index (χ0) is 14.3. The van der Waals surface area contributed by atoms with Crippen LogP contribution in [-0.2, 0) is 9.53 Å². The molecule has 1 aromatic rings. The van der Waals surface area contributed by atoms with Gasteiger partial charge in [0.2, 0.25) is 0 Å². The molecule has 0 unspecified atom stereocenters. The molecule has 0 atom stereocenters. The lowest BCUT2D eigenvalue weighted by Gasteiger charge is -2.10. The lowest BCUT2D eigenvalue weighted by Crippen LogP contribution is -2.06. The molecule has 6 heteroatoms. The van der Waals surface area contributed by atoms with Crippen molar-refractivity contribution in [3.05, 3.63) is 11.9 Å². The van der Waals surface area contributed by atoms with Crippen LogP contribution in [0.4, 0.5) is 5.82 Å². The highest BCUT2D eigenvalue weighted by Crippen LogP contribution is 2.22. The standard InChI is InChI=1S/C13H21N3O2S/c1-5-14-10-8-11(16-13(15-10)9(2)3)19-7-6-12(17)18-4/h8-9H,5-7H2,1-4H3,(H,14,15,16). The Hall–Kier alpha value is -1.30. The first kappa shape index (κ1) is 15.8. The molecule has 19 heavy (non-hydrogen) atoms. The molecular formula is C13H21N3O2S. The minimum atomic E-state index is -0.197. The normalized spacial score (nSPS) is 10.6. The number of carbonyl (C=O) groups is 1. The van der Waals surface area contributed by atoms with Crippen LogP contribution >= 0.6 is 11.8 Å². The van der Waals surface area contributed by atoms with E-state index < -0.39 is 0 Å². The van der Waals surface area contributed by atoms with Gasteiger partial charge in [0.15, 0.2) is 0 Å². The van der Waals surface area contributed by atoms with Crippen molar-refractivity contribution in [2.45, 2.75) is 38.1 Å². The molecule has 0 bridgehead atoms. The van der Waals surface area contributed by atoms with Crippen molar-refractivity contribution >= 4 is 23.5 Å². The third kappa shape index (κ3) is 5.46. The Kier molecular flexibility index (Phi) is 6.62. The molecule has 0 spiro atoms. The number of hydrogen-bond donors (Lipinski definition) is 1. The van der Waals surface area contributed by atoms with E-state index in [-0.39, 0.29) is 11.9 Å². The van der Waals surface area contributed by atoms with Crippen molar-refractivity contribution < 1.29 is 9.53 Å². The van der Waals surface area contributed by atoms with Gasteiger partial charge in [0.05, 0.1) is 13.5 Å². The highest BCUT2D eigenvalue weighted by Gasteiger charge is 2.09. The molecule has 1 heterocycles. The molecule has 0 aliphatic carbocycles. The van der Waals surface area contributed by atoms with Gasteiger partial charge in [0, 0.05) is 24.3 Å². The van der Waals surface area contributed by atoms with Crippen molar-refractivity contribution in [2.75, 3.05) is 24.7 Å². The molecule has 0 fully saturated rings. The summed E-state index contributed by atoms with van der Waals surface area (Å²) >= 11 is 1.54. The van der Waals surface area contributed by atoms with E-state index in [2.05, 4.69) is 33.9 Å². The molecule has 0 amide bonds. The van der Waals surface area contributed by atoms with Crippen LogP contribution in [0.25, 0.3) is 0 Å². The van der Waals surface area contributed by atoms with Crippen LogP contribution in [0, 0.1) is 0 Å². The number of ether oxygens (including phenoxy) is 1. The molecule has 0 saturated heterocycles. The summed E-state index contributed by atoms with van der Waals surface area (Å²) in [5.41, 5.74) is 0. The van der Waals surface area contributed by atoms with Crippen LogP contribution in [0.15, 0.2) is 11.1 Å². The van der Waals surface area contributed by atoms with Crippen LogP contribution in [0.3, 0.4) is 0 Å². The molecular weight excluding hydrogens is 262 g/mol. The molecule has 0 radical (unpaired) electrons. The smallest absolute Gasteiger partial charge is 0.306 e. The number of hydrogen-bond acceptors (Lipinski definition) is 6. The van der Waals surface area contributed by atoms with Crippen molar-refractivity contribution in [2.24, 2.45) is 0 Å². The summed E-state index contributed by atoms with van der Waals surface area (Å²) in [5, 5.41) is 4.09. The van der Waals surface area contributed by atoms with Crippen LogP contribution < -0.4 is 5.32 Å². The number of anilines is 1. The molecule has 1 aromatic heterocycles. The second-order valence-electron chi connectivity index (χ2n) is 4.31. The van der Waals surface area contributed by atoms with E-state index >= 15 is 0 Å². The zero-order valence-electron chi connectivity index (χ0n) is 11.9. The highest BCUT2D eigenvalue weighted by atomic mass is 32.2. The van der Waals surface area contributed by atoms with Crippen LogP contribution in [0.2, 0.25) is 0 Å². The van der Waals surface area contributed by atoms with Gasteiger partial charge in [-0.15, -0.1) is 11.8 Å². The minimum absolute atomic E-state index is 0.197. The lowest BCUT2D eigenvalue weighted by atomic mass is 10.2. The lowest BCUT2D eigenvalue weighted by molar-refractivity contribution is -0.140. The van der Waals surface area contributed by atoms with Gasteiger partial charge in [-0.05, 0) is 6.92 Å². The number of rotatable bonds is 7. The second-order valence-corrected chi connectivity index (χ2v) is 5.42. The average molecular weight is 283 g/mol. The fraction of sp³-hybridized carbons (Fsp3) is 0.615. The molecule has 1 rings (SSSR count). The SMILES string of the molecule is CCNc1cc(SCCC(=O)OC)nc(C(C)C)n1. The van der Waals surface area contributed by atoms with Gasteiger partial charge in [-0.1, -0.05) is 13.8 Å². The predicted octanol–water partition coefficient (Wildman–Crippen LogP) is 2.69. The number of methoxy groups -OCH3 is 1. The number of nitrogens with one attached hydrogen (secondary N) is 1. The number of carbonyl (C=O) groups excluding carboxylic acids is 1. The van der Waals surface area contributed by atoms with Crippen LogP contribution in [0.5, 0.6) is 0 Å². The Bertz CT molecular complexity index is 424. The van der Waals surface area contributed by atoms with Crippen LogP contribution in [-0.4, -0.2) is 35.3 Å². The fourth-order valence-electron chi connectivity index (χ4n) is 1.39. The molecule has 1 N–H and O–H groups in total. The summed E-state index contributed by atoms with van der Waals surface area (Å²) in [6.45, 7) is 6.98. The van der Waals surface area contributed by atoms with Gasteiger partial charge in [-0.25, -0.2) is 9.97 Å². The summed E-state index contributed by atoms with van der Waals surface area (Å²) in [4.78, 5) is 20.0. The average Bonchev–Trinajstić information content (AvgIpc) is 2.38. The Labute approximate surface area is 118 Å². The maximum Gasteiger partial charge on any atom is 0.306 e. The first-order valence-corrected chi connectivity index (χ1v) is 7.37. The van der Waals surface area contributed by atoms with Gasteiger partial charge >= 0.3 is 5.97 Å². The van der Waals surface area contributed by atoms with E-state index in [1.165, 1.54) is 7.11 Å². The van der Waals surface area contributed by atoms with E-state index in [9.17, 15) is 4.79 Å². The summed E-state index contributed by atoms with van der Waals surface area (Å²) < 4.78 is 4.62. The van der Waals surface area contributed by atoms with Crippen LogP contribution in [0.1, 0.15) is 38.9 Å². The number of thioether (sulfide) groups is 1. The highest BCUT2D eigenvalue weighted by molar-refractivity contribution is 7.99. The Morgan fingerprint density at radius 2 is 2.21 bits per heavy atom. The molecule has 0 saturated carbocycles. The second kappa shape index (κ2) is 7.99. The molecule has 0 aliphatic rings. The molecule has 5 nitrogen and oxygen atoms in total. The monoisotopic (exact) mass is 283 g/mol. The Morgan fingerprint density at radius 3 is 2.79 bits per heavy atom.